The van der Waals surface area contributed by atoms with Crippen molar-refractivity contribution in [2.24, 2.45) is 0 Å². The Kier molecular flexibility index (Phi) is 19.9. The van der Waals surface area contributed by atoms with Crippen LogP contribution in [0.15, 0.2) is 91.0 Å². The number of ether oxygens (including phenoxy) is 3. The van der Waals surface area contributed by atoms with Crippen molar-refractivity contribution in [2.45, 2.75) is 146 Å². The molecule has 0 aromatic heterocycles. The largest absolute Gasteiger partial charge is 0.493 e. The number of anilines is 3. The summed E-state index contributed by atoms with van der Waals surface area (Å²) in [5.41, 5.74) is 7.89. The van der Waals surface area contributed by atoms with E-state index in [1.807, 2.05) is 73.3 Å². The van der Waals surface area contributed by atoms with E-state index in [4.69, 9.17) is 18.4 Å². The molecule has 0 saturated carbocycles. The summed E-state index contributed by atoms with van der Waals surface area (Å²) >= 11 is 0. The topological polar surface area (TPSA) is 259 Å². The van der Waals surface area contributed by atoms with E-state index < -0.39 is 77.1 Å². The van der Waals surface area contributed by atoms with Gasteiger partial charge in [-0.1, -0.05) is 58.0 Å². The summed E-state index contributed by atoms with van der Waals surface area (Å²) in [5, 5.41) is 5.96. The van der Waals surface area contributed by atoms with Crippen LogP contribution in [0.1, 0.15) is 120 Å². The number of para-hydroxylation sites is 2. The lowest BCUT2D eigenvalue weighted by Gasteiger charge is -2.28. The van der Waals surface area contributed by atoms with Gasteiger partial charge >= 0.3 is 0 Å². The smallest absolute Gasteiger partial charge is 0.277 e. The summed E-state index contributed by atoms with van der Waals surface area (Å²) in [7, 11) is -1.66. The van der Waals surface area contributed by atoms with Crippen LogP contribution < -0.4 is 40.0 Å². The van der Waals surface area contributed by atoms with Crippen LogP contribution in [0.2, 0.25) is 0 Å². The first-order valence-corrected chi connectivity index (χ1v) is 33.9. The van der Waals surface area contributed by atoms with E-state index in [0.717, 1.165) is 49.4 Å². The molecule has 0 radical (unpaired) electrons. The summed E-state index contributed by atoms with van der Waals surface area (Å²) in [5.74, 6) is -1.00. The Morgan fingerprint density at radius 2 is 1.31 bits per heavy atom. The number of benzene rings is 5. The zero-order valence-electron chi connectivity index (χ0n) is 50.1. The third kappa shape index (κ3) is 14.5. The van der Waals surface area contributed by atoms with Crippen LogP contribution in [-0.2, 0) is 86.7 Å². The van der Waals surface area contributed by atoms with Gasteiger partial charge in [-0.3, -0.25) is 37.1 Å². The van der Waals surface area contributed by atoms with Gasteiger partial charge in [-0.2, -0.15) is 16.8 Å². The quantitative estimate of drug-likeness (QED) is 0.0282. The minimum atomic E-state index is -4.14. The maximum absolute atomic E-state index is 14.5. The van der Waals surface area contributed by atoms with Crippen molar-refractivity contribution in [2.75, 3.05) is 42.2 Å². The zero-order valence-corrected chi connectivity index (χ0v) is 53.3. The van der Waals surface area contributed by atoms with Gasteiger partial charge in [0.1, 0.15) is 47.3 Å². The Bertz CT molecular complexity index is 3750. The van der Waals surface area contributed by atoms with Gasteiger partial charge in [-0.15, -0.1) is 0 Å². The summed E-state index contributed by atoms with van der Waals surface area (Å²) in [6.45, 7) is 9.80. The highest BCUT2D eigenvalue weighted by Crippen LogP contribution is 2.44. The molecule has 6 atom stereocenters. The lowest BCUT2D eigenvalue weighted by Crippen LogP contribution is -2.50. The van der Waals surface area contributed by atoms with Crippen LogP contribution >= 0.6 is 21.6 Å². The van der Waals surface area contributed by atoms with E-state index >= 15 is 0 Å². The SMILES string of the molecule is COc1cc2c(cc1OCc1cc(COc3cc4c(cc3C)C(=O)N3c5ccccc5C[C@H]3C(S(=O)(=O)OC)C4)cc(NC(=O)[C@H](C)NC(=O)[C@H](C)NC(=O)CCC(C)(C)SSCCC(C(C)=O)S(=O)(=O)OC)c1)CC[C@@H]1Cc3ccccc3N1C2=O. The standard InChI is InChI=1S/C63H73N5O15S4/c1-36-24-48-45(32-57(87(77,78)81-9)52-29-44-15-11-13-17-51(44)68(52)62(48)74)31-53(36)82-34-40-25-41(35-83-55-30-42-18-19-47-28-43-14-10-12-16-50(43)67(47)61(73)49(42)33-54(55)79-7)27-46(26-40)66-60(72)38(3)65-59(71)37(2)64-58(70)20-22-63(5,6)85-84-23-21-56(39(4)69)86(75,76)80-8/h10-17,24-27,30-31,33,37-38,47,52,56-57H,18-23,28-29,32,34-35H2,1-9H3,(H,64,70)(H,65,71)(H,66,72)/t37-,38-,47+,52-,56?,57?/m0/s1. The third-order valence-electron chi connectivity index (χ3n) is 16.3. The fourth-order valence-corrected chi connectivity index (χ4v) is 16.8. The molecule has 0 bridgehead atoms. The van der Waals surface area contributed by atoms with E-state index in [2.05, 4.69) is 26.2 Å². The molecular weight excluding hydrogens is 1190 g/mol. The number of methoxy groups -OCH3 is 1. The molecule has 5 aromatic carbocycles. The molecule has 5 aromatic rings. The predicted molar refractivity (Wildman–Crippen MR) is 335 cm³/mol. The normalized spacial score (nSPS) is 18.1. The molecule has 0 aliphatic carbocycles. The monoisotopic (exact) mass is 1270 g/mol. The maximum atomic E-state index is 14.5. The summed E-state index contributed by atoms with van der Waals surface area (Å²) < 4.78 is 79.7. The number of rotatable bonds is 25. The van der Waals surface area contributed by atoms with Gasteiger partial charge in [0.25, 0.3) is 32.1 Å². The van der Waals surface area contributed by atoms with Crippen molar-refractivity contribution >= 4 is 94.2 Å². The highest BCUT2D eigenvalue weighted by molar-refractivity contribution is 8.77. The number of nitrogens with one attached hydrogen (secondary N) is 3. The van der Waals surface area contributed by atoms with Gasteiger partial charge in [0.2, 0.25) is 17.7 Å². The Labute approximate surface area is 516 Å². The van der Waals surface area contributed by atoms with Crippen LogP contribution in [0.25, 0.3) is 0 Å². The van der Waals surface area contributed by atoms with Crippen molar-refractivity contribution in [3.8, 4) is 17.2 Å². The lowest BCUT2D eigenvalue weighted by atomic mass is 9.97. The van der Waals surface area contributed by atoms with Gasteiger partial charge in [0.15, 0.2) is 11.5 Å². The first-order chi connectivity index (χ1) is 41.3. The highest BCUT2D eigenvalue weighted by Gasteiger charge is 2.48. The molecule has 0 saturated heterocycles. The van der Waals surface area contributed by atoms with Crippen LogP contribution in [-0.4, -0.2) is 119 Å². The van der Waals surface area contributed by atoms with E-state index in [-0.39, 0.29) is 50.3 Å². The van der Waals surface area contributed by atoms with Gasteiger partial charge in [0, 0.05) is 51.2 Å². The van der Waals surface area contributed by atoms with E-state index in [0.29, 0.717) is 87.0 Å². The van der Waals surface area contributed by atoms with Crippen LogP contribution in [0, 0.1) is 6.92 Å². The maximum Gasteiger partial charge on any atom is 0.277 e. The number of hydrogen-bond acceptors (Lipinski definition) is 17. The van der Waals surface area contributed by atoms with Gasteiger partial charge in [-0.05, 0) is 180 Å². The molecule has 4 heterocycles. The zero-order chi connectivity index (χ0) is 62.7. The Balaban J connectivity index is 0.899. The van der Waals surface area contributed by atoms with Gasteiger partial charge < -0.3 is 40.0 Å². The molecule has 3 N–H and O–H groups in total. The van der Waals surface area contributed by atoms with Crippen LogP contribution in [0.4, 0.5) is 17.1 Å². The molecule has 0 spiro atoms. The number of amides is 5. The third-order valence-corrected chi connectivity index (χ3v) is 23.1. The van der Waals surface area contributed by atoms with Crippen molar-refractivity contribution in [3.05, 3.63) is 141 Å². The predicted octanol–water partition coefficient (Wildman–Crippen LogP) is 8.36. The molecule has 4 aliphatic rings. The van der Waals surface area contributed by atoms with Crippen molar-refractivity contribution in [1.29, 1.82) is 0 Å². The van der Waals surface area contributed by atoms with Crippen LogP contribution in [0.5, 0.6) is 17.2 Å². The molecule has 87 heavy (non-hydrogen) atoms. The average molecular weight is 1270 g/mol. The summed E-state index contributed by atoms with van der Waals surface area (Å²) in [4.78, 5) is 84.7. The second-order valence-corrected chi connectivity index (χ2v) is 29.9. The second kappa shape index (κ2) is 26.8. The Morgan fingerprint density at radius 1 is 0.701 bits per heavy atom. The van der Waals surface area contributed by atoms with Crippen LogP contribution in [0.3, 0.4) is 0 Å². The summed E-state index contributed by atoms with van der Waals surface area (Å²) in [6.07, 6.45) is 3.02. The second-order valence-electron chi connectivity index (χ2n) is 22.9. The molecule has 24 heteroatoms. The fraction of sp³-hybridized carbons (Fsp3) is 0.429. The fourth-order valence-electron chi connectivity index (χ4n) is 11.7. The number of ketones is 1. The van der Waals surface area contributed by atoms with E-state index in [1.54, 1.807) is 42.2 Å². The number of nitrogens with zero attached hydrogens (tertiary/aromatic N) is 2. The molecule has 9 rings (SSSR count). The average Bonchev–Trinajstić information content (AvgIpc) is 1.63. The molecule has 5 amide bonds. The molecule has 2 unspecified atom stereocenters. The van der Waals surface area contributed by atoms with E-state index in [9.17, 15) is 45.6 Å². The van der Waals surface area contributed by atoms with E-state index in [1.165, 1.54) is 49.5 Å². The minimum Gasteiger partial charge on any atom is -0.493 e. The Hall–Kier alpha value is -6.96. The van der Waals surface area contributed by atoms with Crippen molar-refractivity contribution in [3.63, 3.8) is 0 Å². The van der Waals surface area contributed by atoms with Crippen molar-refractivity contribution < 1.29 is 68.2 Å². The number of hydrogen-bond donors (Lipinski definition) is 3. The first-order valence-electron chi connectivity index (χ1n) is 28.7. The first kappa shape index (κ1) is 64.5. The summed E-state index contributed by atoms with van der Waals surface area (Å²) in [6, 6.07) is 24.8. The lowest BCUT2D eigenvalue weighted by molar-refractivity contribution is -0.130. The molecule has 20 nitrogen and oxygen atoms in total. The number of aryl methyl sites for hydroxylation is 2. The highest BCUT2D eigenvalue weighted by atomic mass is 33.1. The minimum absolute atomic E-state index is 0.0133. The molecule has 4 aliphatic heterocycles. The number of carbonyl (C=O) groups excluding carboxylic acids is 6. The number of Topliss-reactive ketones (excluding diaryl/α,β-unsaturated/α-hetero) is 1. The molecular formula is C63H73N5O15S4. The number of fused-ring (bicyclic) bond motifs is 8. The van der Waals surface area contributed by atoms with Gasteiger partial charge in [0.05, 0.1) is 27.4 Å². The molecule has 0 fully saturated rings. The van der Waals surface area contributed by atoms with Gasteiger partial charge in [-0.25, -0.2) is 0 Å². The Morgan fingerprint density at radius 3 is 1.97 bits per heavy atom. The molecule has 464 valence electrons. The van der Waals surface area contributed by atoms with Crippen molar-refractivity contribution in [1.82, 2.24) is 10.6 Å². The number of carbonyl (C=O) groups is 6.